The molecule has 1 aromatic heterocycles. The van der Waals surface area contributed by atoms with Crippen LogP contribution in [0.25, 0.3) is 11.4 Å². The molecule has 2 aromatic rings. The number of carbonyl (C=O) groups is 2. The normalized spacial score (nSPS) is 19.9. The van der Waals surface area contributed by atoms with Crippen LogP contribution in [-0.2, 0) is 4.79 Å². The molecule has 11 heteroatoms. The van der Waals surface area contributed by atoms with Crippen LogP contribution in [0.15, 0.2) is 24.3 Å². The summed E-state index contributed by atoms with van der Waals surface area (Å²) in [6.07, 6.45) is -4.69. The van der Waals surface area contributed by atoms with Crippen molar-refractivity contribution in [2.75, 3.05) is 18.4 Å². The van der Waals surface area contributed by atoms with Gasteiger partial charge >= 0.3 is 18.2 Å². The second-order valence-electron chi connectivity index (χ2n) is 6.25. The van der Waals surface area contributed by atoms with Gasteiger partial charge in [0.25, 0.3) is 0 Å². The Morgan fingerprint density at radius 1 is 1.33 bits per heavy atom. The number of hydrogen-bond acceptors (Lipinski definition) is 4. The number of amides is 2. The van der Waals surface area contributed by atoms with Crippen LogP contribution in [0.5, 0.6) is 0 Å². The van der Waals surface area contributed by atoms with Crippen molar-refractivity contribution in [1.82, 2.24) is 20.1 Å². The van der Waals surface area contributed by atoms with Gasteiger partial charge in [-0.1, -0.05) is 12.1 Å². The average Bonchev–Trinajstić information content (AvgIpc) is 3.21. The van der Waals surface area contributed by atoms with Crippen LogP contribution in [0.3, 0.4) is 0 Å². The number of aromatic nitrogens is 3. The highest BCUT2D eigenvalue weighted by Gasteiger charge is 2.53. The van der Waals surface area contributed by atoms with Crippen molar-refractivity contribution in [3.05, 3.63) is 30.1 Å². The Hall–Kier alpha value is -3.11. The highest BCUT2D eigenvalue weighted by atomic mass is 19.4. The third-order valence-corrected chi connectivity index (χ3v) is 4.31. The largest absolute Gasteiger partial charge is 0.481 e. The number of carbonyl (C=O) groups excluding carboxylic acids is 1. The van der Waals surface area contributed by atoms with Gasteiger partial charge in [-0.05, 0) is 19.1 Å². The van der Waals surface area contributed by atoms with Crippen molar-refractivity contribution in [1.29, 1.82) is 0 Å². The Morgan fingerprint density at radius 3 is 2.63 bits per heavy atom. The highest BCUT2D eigenvalue weighted by Crippen LogP contribution is 2.38. The van der Waals surface area contributed by atoms with E-state index >= 15 is 0 Å². The molecule has 0 saturated carbocycles. The minimum Gasteiger partial charge on any atom is -0.481 e. The number of H-pyrrole nitrogens is 1. The van der Waals surface area contributed by atoms with E-state index in [0.717, 1.165) is 4.90 Å². The molecule has 1 aliphatic rings. The molecule has 0 spiro atoms. The molecule has 2 heterocycles. The maximum Gasteiger partial charge on any atom is 0.394 e. The average molecular weight is 383 g/mol. The number of likely N-dealkylation sites (tertiary alicyclic amines) is 1. The van der Waals surface area contributed by atoms with Crippen molar-refractivity contribution in [2.24, 2.45) is 11.8 Å². The third kappa shape index (κ3) is 4.01. The Balaban J connectivity index is 1.73. The maximum absolute atomic E-state index is 13.0. The van der Waals surface area contributed by atoms with Gasteiger partial charge in [0.15, 0.2) is 5.82 Å². The molecule has 2 atom stereocenters. The van der Waals surface area contributed by atoms with E-state index in [1.165, 1.54) is 0 Å². The van der Waals surface area contributed by atoms with Gasteiger partial charge in [-0.15, -0.1) is 0 Å². The fourth-order valence-corrected chi connectivity index (χ4v) is 2.96. The first-order valence-corrected chi connectivity index (χ1v) is 8.00. The molecule has 2 amide bonds. The summed E-state index contributed by atoms with van der Waals surface area (Å²) in [7, 11) is 0. The summed E-state index contributed by atoms with van der Waals surface area (Å²) >= 11 is 0. The summed E-state index contributed by atoms with van der Waals surface area (Å²) < 4.78 is 39.1. The van der Waals surface area contributed by atoms with E-state index in [9.17, 15) is 22.8 Å². The highest BCUT2D eigenvalue weighted by molar-refractivity contribution is 5.90. The minimum atomic E-state index is -4.69. The molecule has 27 heavy (non-hydrogen) atoms. The quantitative estimate of drug-likeness (QED) is 0.754. The Bertz CT molecular complexity index is 867. The second-order valence-corrected chi connectivity index (χ2v) is 6.25. The molecular formula is C16H16F3N5O3. The third-order valence-electron chi connectivity index (χ3n) is 4.31. The number of urea groups is 1. The monoisotopic (exact) mass is 383 g/mol. The number of benzene rings is 1. The molecule has 1 aliphatic heterocycles. The predicted molar refractivity (Wildman–Crippen MR) is 87.8 cm³/mol. The van der Waals surface area contributed by atoms with Crippen LogP contribution >= 0.6 is 0 Å². The molecule has 0 radical (unpaired) electrons. The predicted octanol–water partition coefficient (Wildman–Crippen LogP) is 2.51. The molecule has 0 bridgehead atoms. The zero-order chi connectivity index (χ0) is 19.8. The number of carboxylic acids is 1. The molecule has 1 fully saturated rings. The van der Waals surface area contributed by atoms with Crippen molar-refractivity contribution in [3.63, 3.8) is 0 Å². The Kier molecular flexibility index (Phi) is 4.77. The summed E-state index contributed by atoms with van der Waals surface area (Å²) in [6, 6.07) is 5.70. The maximum atomic E-state index is 13.0. The van der Waals surface area contributed by atoms with Crippen LogP contribution in [0.2, 0.25) is 0 Å². The zero-order valence-corrected chi connectivity index (χ0v) is 14.1. The summed E-state index contributed by atoms with van der Waals surface area (Å²) in [5.41, 5.74) is 0.942. The molecule has 3 N–H and O–H groups in total. The number of aryl methyl sites for hydroxylation is 1. The smallest absolute Gasteiger partial charge is 0.394 e. The fraction of sp³-hybridized carbons (Fsp3) is 0.375. The topological polar surface area (TPSA) is 111 Å². The number of nitrogens with one attached hydrogen (secondary N) is 2. The molecule has 3 rings (SSSR count). The molecule has 8 nitrogen and oxygen atoms in total. The number of aromatic amines is 1. The first-order valence-electron chi connectivity index (χ1n) is 8.00. The van der Waals surface area contributed by atoms with Crippen LogP contribution in [0, 0.1) is 18.8 Å². The van der Waals surface area contributed by atoms with E-state index < -0.39 is 43.1 Å². The number of hydrogen-bond donors (Lipinski definition) is 3. The SMILES string of the molecule is Cc1nc(-c2cccc(NC(=O)N3C[C@@H](C(F)(F)F)[C@H](C(=O)O)C3)c2)n[nH]1. The Labute approximate surface area is 151 Å². The van der Waals surface area contributed by atoms with E-state index in [1.54, 1.807) is 31.2 Å². The number of alkyl halides is 3. The summed E-state index contributed by atoms with van der Waals surface area (Å²) in [5, 5.41) is 18.2. The first kappa shape index (κ1) is 18.7. The summed E-state index contributed by atoms with van der Waals surface area (Å²) in [5.74, 6) is -4.33. The van der Waals surface area contributed by atoms with Gasteiger partial charge in [0, 0.05) is 24.3 Å². The number of aliphatic carboxylic acids is 1. The van der Waals surface area contributed by atoms with E-state index in [2.05, 4.69) is 20.5 Å². The van der Waals surface area contributed by atoms with E-state index in [-0.39, 0.29) is 0 Å². The first-order chi connectivity index (χ1) is 12.6. The van der Waals surface area contributed by atoms with Gasteiger partial charge in [-0.3, -0.25) is 9.89 Å². The molecular weight excluding hydrogens is 367 g/mol. The minimum absolute atomic E-state index is 0.335. The molecule has 1 aromatic carbocycles. The van der Waals surface area contributed by atoms with Gasteiger partial charge < -0.3 is 15.3 Å². The van der Waals surface area contributed by atoms with Gasteiger partial charge in [0.2, 0.25) is 0 Å². The molecule has 0 aliphatic carbocycles. The van der Waals surface area contributed by atoms with Crippen molar-refractivity contribution < 1.29 is 27.9 Å². The number of carboxylic acid groups (broad SMARTS) is 1. The van der Waals surface area contributed by atoms with Crippen molar-refractivity contribution >= 4 is 17.7 Å². The lowest BCUT2D eigenvalue weighted by atomic mass is 9.96. The van der Waals surface area contributed by atoms with Crippen molar-refractivity contribution in [2.45, 2.75) is 13.1 Å². The number of halogens is 3. The van der Waals surface area contributed by atoms with Gasteiger partial charge in [0.1, 0.15) is 5.82 Å². The summed E-state index contributed by atoms with van der Waals surface area (Å²) in [4.78, 5) is 28.5. The number of nitrogens with zero attached hydrogens (tertiary/aromatic N) is 3. The van der Waals surface area contributed by atoms with Gasteiger partial charge in [0.05, 0.1) is 11.8 Å². The van der Waals surface area contributed by atoms with Crippen LogP contribution in [-0.4, -0.2) is 56.5 Å². The molecule has 0 unspecified atom stereocenters. The lowest BCUT2D eigenvalue weighted by Crippen LogP contribution is -2.35. The summed E-state index contributed by atoms with van der Waals surface area (Å²) in [6.45, 7) is 0.517. The lowest BCUT2D eigenvalue weighted by molar-refractivity contribution is -0.187. The van der Waals surface area contributed by atoms with E-state index in [4.69, 9.17) is 5.11 Å². The second kappa shape index (κ2) is 6.89. The van der Waals surface area contributed by atoms with Crippen LogP contribution in [0.1, 0.15) is 5.82 Å². The van der Waals surface area contributed by atoms with E-state index in [1.807, 2.05) is 0 Å². The van der Waals surface area contributed by atoms with Crippen LogP contribution in [0.4, 0.5) is 23.7 Å². The van der Waals surface area contributed by atoms with E-state index in [0.29, 0.717) is 22.9 Å². The molecule has 1 saturated heterocycles. The number of rotatable bonds is 3. The van der Waals surface area contributed by atoms with Gasteiger partial charge in [-0.25, -0.2) is 9.78 Å². The Morgan fingerprint density at radius 2 is 2.07 bits per heavy atom. The zero-order valence-electron chi connectivity index (χ0n) is 14.1. The van der Waals surface area contributed by atoms with Gasteiger partial charge in [-0.2, -0.15) is 18.3 Å². The molecule has 144 valence electrons. The lowest BCUT2D eigenvalue weighted by Gasteiger charge is -2.18. The standard InChI is InChI=1S/C16H16F3N5O3/c1-8-20-13(23-22-8)9-3-2-4-10(5-9)21-15(27)24-6-11(14(25)26)12(7-24)16(17,18)19/h2-5,11-12H,6-7H2,1H3,(H,21,27)(H,25,26)(H,20,22,23)/t11-,12-/m1/s1. The van der Waals surface area contributed by atoms with Crippen LogP contribution < -0.4 is 5.32 Å². The van der Waals surface area contributed by atoms with Crippen molar-refractivity contribution in [3.8, 4) is 11.4 Å². The number of anilines is 1. The fourth-order valence-electron chi connectivity index (χ4n) is 2.96.